The Hall–Kier alpha value is -0.700. The zero-order chi connectivity index (χ0) is 8.48. The van der Waals surface area contributed by atoms with Crippen LogP contribution in [0.15, 0.2) is 11.6 Å². The summed E-state index contributed by atoms with van der Waals surface area (Å²) in [5.74, 6) is 0.160. The summed E-state index contributed by atoms with van der Waals surface area (Å²) in [6.07, 6.45) is 1.73. The van der Waals surface area contributed by atoms with Crippen molar-refractivity contribution in [2.75, 3.05) is 0 Å². The van der Waals surface area contributed by atoms with Crippen molar-refractivity contribution in [1.29, 1.82) is 0 Å². The molecule has 0 N–H and O–H groups in total. The maximum absolute atomic E-state index is 11.1. The largest absolute Gasteiger partial charge is 0.299 e. The maximum atomic E-state index is 11.1. The normalized spacial score (nSPS) is 11.5. The number of hydrogen-bond donors (Lipinski definition) is 0. The van der Waals surface area contributed by atoms with Gasteiger partial charge in [0.1, 0.15) is 10.8 Å². The van der Waals surface area contributed by atoms with Crippen LogP contribution in [0.5, 0.6) is 0 Å². The molecule has 3 heteroatoms. The fraction of sp³-hybridized carbons (Fsp3) is 0.500. The Morgan fingerprint density at radius 1 is 1.64 bits per heavy atom. The van der Waals surface area contributed by atoms with Crippen LogP contribution in [0.1, 0.15) is 25.8 Å². The zero-order valence-corrected chi connectivity index (χ0v) is 7.73. The molecular weight excluding hydrogens is 158 g/mol. The lowest BCUT2D eigenvalue weighted by Gasteiger charge is -2.16. The van der Waals surface area contributed by atoms with E-state index in [1.165, 1.54) is 11.3 Å². The first-order chi connectivity index (χ1) is 5.05. The number of rotatable bonds is 2. The van der Waals surface area contributed by atoms with Gasteiger partial charge in [0.25, 0.3) is 0 Å². The van der Waals surface area contributed by atoms with Gasteiger partial charge in [0.15, 0.2) is 0 Å². The van der Waals surface area contributed by atoms with Gasteiger partial charge < -0.3 is 0 Å². The lowest BCUT2D eigenvalue weighted by Crippen LogP contribution is -2.25. The van der Waals surface area contributed by atoms with Crippen LogP contribution in [-0.4, -0.2) is 10.8 Å². The first-order valence-corrected chi connectivity index (χ1v) is 4.34. The van der Waals surface area contributed by atoms with E-state index in [-0.39, 0.29) is 5.78 Å². The highest BCUT2D eigenvalue weighted by atomic mass is 32.1. The molecule has 0 saturated heterocycles. The number of ketones is 1. The predicted molar refractivity (Wildman–Crippen MR) is 45.8 cm³/mol. The van der Waals surface area contributed by atoms with Crippen LogP contribution in [0, 0.1) is 0 Å². The van der Waals surface area contributed by atoms with Gasteiger partial charge in [-0.3, -0.25) is 4.79 Å². The Morgan fingerprint density at radius 3 is 2.64 bits per heavy atom. The number of carbonyl (C=O) groups excluding carboxylic acids is 1. The molecule has 1 aromatic heterocycles. The number of nitrogens with zero attached hydrogens (tertiary/aromatic N) is 1. The third-order valence-corrected chi connectivity index (χ3v) is 2.94. The van der Waals surface area contributed by atoms with Gasteiger partial charge in [0.2, 0.25) is 0 Å². The molecule has 1 rings (SSSR count). The van der Waals surface area contributed by atoms with Gasteiger partial charge in [0.05, 0.1) is 5.41 Å². The van der Waals surface area contributed by atoms with Crippen molar-refractivity contribution in [1.82, 2.24) is 4.98 Å². The minimum Gasteiger partial charge on any atom is -0.299 e. The molecule has 0 aliphatic rings. The van der Waals surface area contributed by atoms with Gasteiger partial charge in [-0.2, -0.15) is 0 Å². The Balaban J connectivity index is 3.00. The maximum Gasteiger partial charge on any atom is 0.142 e. The number of carbonyl (C=O) groups is 1. The fourth-order valence-corrected chi connectivity index (χ4v) is 1.49. The minimum atomic E-state index is -0.409. The van der Waals surface area contributed by atoms with Crippen LogP contribution < -0.4 is 0 Å². The number of thiazole rings is 1. The molecule has 0 spiro atoms. The quantitative estimate of drug-likeness (QED) is 0.678. The Kier molecular flexibility index (Phi) is 2.09. The summed E-state index contributed by atoms with van der Waals surface area (Å²) in [7, 11) is 0. The van der Waals surface area contributed by atoms with Crippen LogP contribution >= 0.6 is 11.3 Å². The monoisotopic (exact) mass is 169 g/mol. The molecular formula is C8H11NOS. The summed E-state index contributed by atoms with van der Waals surface area (Å²) in [4.78, 5) is 15.2. The van der Waals surface area contributed by atoms with Gasteiger partial charge in [-0.05, 0) is 20.8 Å². The van der Waals surface area contributed by atoms with Crippen LogP contribution in [0.4, 0.5) is 0 Å². The van der Waals surface area contributed by atoms with Gasteiger partial charge >= 0.3 is 0 Å². The molecule has 0 unspecified atom stereocenters. The Morgan fingerprint density at radius 2 is 2.27 bits per heavy atom. The molecule has 0 aliphatic heterocycles. The van der Waals surface area contributed by atoms with Crippen molar-refractivity contribution in [3.8, 4) is 0 Å². The van der Waals surface area contributed by atoms with E-state index in [4.69, 9.17) is 0 Å². The Bertz CT molecular complexity index is 251. The molecule has 0 aromatic carbocycles. The second kappa shape index (κ2) is 2.74. The van der Waals surface area contributed by atoms with E-state index in [0.717, 1.165) is 5.01 Å². The fourth-order valence-electron chi connectivity index (χ4n) is 0.683. The molecule has 1 heterocycles. The van der Waals surface area contributed by atoms with E-state index in [0.29, 0.717) is 0 Å². The lowest BCUT2D eigenvalue weighted by molar-refractivity contribution is -0.121. The van der Waals surface area contributed by atoms with Crippen LogP contribution in [0.3, 0.4) is 0 Å². The molecule has 0 saturated carbocycles. The van der Waals surface area contributed by atoms with Gasteiger partial charge in [-0.1, -0.05) is 0 Å². The molecule has 0 radical (unpaired) electrons. The first-order valence-electron chi connectivity index (χ1n) is 3.46. The molecule has 0 atom stereocenters. The highest BCUT2D eigenvalue weighted by molar-refractivity contribution is 7.09. The first kappa shape index (κ1) is 8.40. The van der Waals surface area contributed by atoms with E-state index in [1.54, 1.807) is 13.1 Å². The molecule has 11 heavy (non-hydrogen) atoms. The third-order valence-electron chi connectivity index (χ3n) is 1.85. The van der Waals surface area contributed by atoms with Crippen LogP contribution in [0.2, 0.25) is 0 Å². The molecule has 1 aromatic rings. The molecule has 0 fully saturated rings. The molecule has 0 amide bonds. The second-order valence-electron chi connectivity index (χ2n) is 3.02. The van der Waals surface area contributed by atoms with Crippen molar-refractivity contribution < 1.29 is 4.79 Å². The van der Waals surface area contributed by atoms with Gasteiger partial charge in [0, 0.05) is 11.6 Å². The van der Waals surface area contributed by atoms with E-state index in [1.807, 2.05) is 19.2 Å². The van der Waals surface area contributed by atoms with E-state index in [9.17, 15) is 4.79 Å². The Labute approximate surface area is 70.3 Å². The summed E-state index contributed by atoms with van der Waals surface area (Å²) < 4.78 is 0. The molecule has 0 bridgehead atoms. The van der Waals surface area contributed by atoms with Crippen molar-refractivity contribution in [2.24, 2.45) is 0 Å². The highest BCUT2D eigenvalue weighted by Gasteiger charge is 2.28. The smallest absolute Gasteiger partial charge is 0.142 e. The highest BCUT2D eigenvalue weighted by Crippen LogP contribution is 2.25. The van der Waals surface area contributed by atoms with Crippen molar-refractivity contribution in [3.63, 3.8) is 0 Å². The van der Waals surface area contributed by atoms with Crippen LogP contribution in [0.25, 0.3) is 0 Å². The summed E-state index contributed by atoms with van der Waals surface area (Å²) in [5.41, 5.74) is -0.409. The molecule has 0 aliphatic carbocycles. The van der Waals surface area contributed by atoms with E-state index >= 15 is 0 Å². The van der Waals surface area contributed by atoms with Crippen LogP contribution in [-0.2, 0) is 10.2 Å². The summed E-state index contributed by atoms with van der Waals surface area (Å²) in [6, 6.07) is 0. The second-order valence-corrected chi connectivity index (χ2v) is 3.91. The number of Topliss-reactive ketones (excluding diaryl/α,β-unsaturated/α-hetero) is 1. The van der Waals surface area contributed by atoms with Crippen molar-refractivity contribution in [3.05, 3.63) is 16.6 Å². The topological polar surface area (TPSA) is 30.0 Å². The number of hydrogen-bond acceptors (Lipinski definition) is 3. The summed E-state index contributed by atoms with van der Waals surface area (Å²) >= 11 is 1.53. The van der Waals surface area contributed by atoms with Gasteiger partial charge in [-0.15, -0.1) is 11.3 Å². The van der Waals surface area contributed by atoms with Crippen molar-refractivity contribution in [2.45, 2.75) is 26.2 Å². The average Bonchev–Trinajstić information content (AvgIpc) is 2.37. The SMILES string of the molecule is CC(=O)C(C)(C)c1nccs1. The lowest BCUT2D eigenvalue weighted by atomic mass is 9.90. The minimum absolute atomic E-state index is 0.160. The number of aromatic nitrogens is 1. The van der Waals surface area contributed by atoms with Crippen molar-refractivity contribution >= 4 is 17.1 Å². The average molecular weight is 169 g/mol. The van der Waals surface area contributed by atoms with E-state index < -0.39 is 5.41 Å². The zero-order valence-electron chi connectivity index (χ0n) is 6.92. The molecule has 2 nitrogen and oxygen atoms in total. The third kappa shape index (κ3) is 1.48. The van der Waals surface area contributed by atoms with Gasteiger partial charge in [-0.25, -0.2) is 4.98 Å². The summed E-state index contributed by atoms with van der Waals surface area (Å²) in [5, 5.41) is 2.78. The van der Waals surface area contributed by atoms with E-state index in [2.05, 4.69) is 4.98 Å². The summed E-state index contributed by atoms with van der Waals surface area (Å²) in [6.45, 7) is 5.39. The predicted octanol–water partition coefficient (Wildman–Crippen LogP) is 2.01. The molecule has 60 valence electrons. The standard InChI is InChI=1S/C8H11NOS/c1-6(10)8(2,3)7-9-4-5-11-7/h4-5H,1-3H3.